The molecule has 1 aliphatic rings. The predicted octanol–water partition coefficient (Wildman–Crippen LogP) is 2.28. The van der Waals surface area contributed by atoms with Crippen LogP contribution >= 0.6 is 0 Å². The molecule has 0 unspecified atom stereocenters. The number of hydrogen-bond acceptors (Lipinski definition) is 4. The maximum atomic E-state index is 13.8. The monoisotopic (exact) mass is 327 g/mol. The van der Waals surface area contributed by atoms with Gasteiger partial charge in [-0.25, -0.2) is 4.39 Å². The summed E-state index contributed by atoms with van der Waals surface area (Å²) >= 11 is 0. The molecule has 1 aromatic carbocycles. The minimum atomic E-state index is -0.440. The Morgan fingerprint density at radius 1 is 1.21 bits per heavy atom. The van der Waals surface area contributed by atoms with Gasteiger partial charge in [-0.3, -0.25) is 9.58 Å². The first-order valence-electron chi connectivity index (χ1n) is 8.39. The van der Waals surface area contributed by atoms with Crippen LogP contribution in [-0.4, -0.2) is 47.4 Å². The summed E-state index contributed by atoms with van der Waals surface area (Å²) in [6.45, 7) is 7.45. The molecular formula is C18H22FN5. The third kappa shape index (κ3) is 3.41. The summed E-state index contributed by atoms with van der Waals surface area (Å²) in [7, 11) is 0. The number of rotatable bonds is 5. The fourth-order valence-corrected chi connectivity index (χ4v) is 3.23. The van der Waals surface area contributed by atoms with Gasteiger partial charge in [0.1, 0.15) is 17.4 Å². The first-order valence-corrected chi connectivity index (χ1v) is 8.39. The molecule has 1 aliphatic heterocycles. The summed E-state index contributed by atoms with van der Waals surface area (Å²) in [5, 5.41) is 13.5. The highest BCUT2D eigenvalue weighted by molar-refractivity contribution is 5.60. The number of aromatic nitrogens is 2. The molecule has 0 atom stereocenters. The highest BCUT2D eigenvalue weighted by Gasteiger charge is 2.20. The molecule has 1 saturated heterocycles. The largest absolute Gasteiger partial charge is 0.368 e. The summed E-state index contributed by atoms with van der Waals surface area (Å²) in [5.74, 6) is -0.440. The summed E-state index contributed by atoms with van der Waals surface area (Å²) in [5.41, 5.74) is 2.12. The molecule has 2 heterocycles. The van der Waals surface area contributed by atoms with Gasteiger partial charge < -0.3 is 4.90 Å². The Kier molecular flexibility index (Phi) is 5.11. The summed E-state index contributed by atoms with van der Waals surface area (Å²) < 4.78 is 15.8. The van der Waals surface area contributed by atoms with Crippen molar-refractivity contribution >= 4 is 5.69 Å². The van der Waals surface area contributed by atoms with Gasteiger partial charge in [-0.15, -0.1) is 0 Å². The molecule has 0 spiro atoms. The van der Waals surface area contributed by atoms with E-state index in [1.165, 1.54) is 11.8 Å². The van der Waals surface area contributed by atoms with E-state index in [4.69, 9.17) is 0 Å². The van der Waals surface area contributed by atoms with E-state index in [-0.39, 0.29) is 5.56 Å². The van der Waals surface area contributed by atoms with E-state index in [9.17, 15) is 9.65 Å². The number of aryl methyl sites for hydroxylation is 1. The van der Waals surface area contributed by atoms with Crippen LogP contribution in [0.2, 0.25) is 0 Å². The van der Waals surface area contributed by atoms with Crippen LogP contribution in [0.15, 0.2) is 30.5 Å². The Hall–Kier alpha value is -2.39. The number of benzene rings is 1. The molecule has 24 heavy (non-hydrogen) atoms. The van der Waals surface area contributed by atoms with E-state index >= 15 is 0 Å². The zero-order valence-corrected chi connectivity index (χ0v) is 14.0. The van der Waals surface area contributed by atoms with Gasteiger partial charge in [-0.05, 0) is 25.1 Å². The van der Waals surface area contributed by atoms with E-state index in [0.29, 0.717) is 5.69 Å². The minimum Gasteiger partial charge on any atom is -0.368 e. The molecule has 5 nitrogen and oxygen atoms in total. The average Bonchev–Trinajstić information content (AvgIpc) is 3.08. The van der Waals surface area contributed by atoms with Crippen LogP contribution in [-0.2, 0) is 13.0 Å². The second-order valence-corrected chi connectivity index (χ2v) is 5.96. The Morgan fingerprint density at radius 3 is 2.71 bits per heavy atom. The van der Waals surface area contributed by atoms with Crippen molar-refractivity contribution in [3.05, 3.63) is 47.5 Å². The zero-order valence-electron chi connectivity index (χ0n) is 14.0. The van der Waals surface area contributed by atoms with Gasteiger partial charge in [-0.2, -0.15) is 10.4 Å². The normalized spacial score (nSPS) is 15.5. The molecule has 1 fully saturated rings. The van der Waals surface area contributed by atoms with Gasteiger partial charge in [0.2, 0.25) is 0 Å². The summed E-state index contributed by atoms with van der Waals surface area (Å²) in [6.07, 6.45) is 2.83. The van der Waals surface area contributed by atoms with Crippen LogP contribution in [0, 0.1) is 17.1 Å². The molecule has 0 saturated carbocycles. The molecule has 0 amide bonds. The molecule has 0 N–H and O–H groups in total. The van der Waals surface area contributed by atoms with Gasteiger partial charge >= 0.3 is 0 Å². The average molecular weight is 327 g/mol. The molecule has 3 rings (SSSR count). The lowest BCUT2D eigenvalue weighted by Crippen LogP contribution is -2.47. The Balaban J connectivity index is 1.57. The standard InChI is InChI=1S/C18H22FN5/c1-2-24-15(6-8-21-24)7-9-22-10-12-23(13-11-22)18-5-3-4-17(19)16(18)14-20/h3-6,8H,2,7,9-13H2,1H3. The van der Waals surface area contributed by atoms with Crippen LogP contribution in [0.25, 0.3) is 0 Å². The number of hydrogen-bond donors (Lipinski definition) is 0. The quantitative estimate of drug-likeness (QED) is 0.845. The van der Waals surface area contributed by atoms with E-state index in [0.717, 1.165) is 45.7 Å². The smallest absolute Gasteiger partial charge is 0.143 e. The van der Waals surface area contributed by atoms with E-state index in [1.54, 1.807) is 6.07 Å². The molecule has 0 radical (unpaired) electrons. The number of nitriles is 1. The van der Waals surface area contributed by atoms with Gasteiger partial charge in [0, 0.05) is 57.6 Å². The van der Waals surface area contributed by atoms with Crippen LogP contribution in [0.1, 0.15) is 18.2 Å². The third-order valence-electron chi connectivity index (χ3n) is 4.60. The first-order chi connectivity index (χ1) is 11.7. The fraction of sp³-hybridized carbons (Fsp3) is 0.444. The van der Waals surface area contributed by atoms with Crippen molar-refractivity contribution in [3.8, 4) is 6.07 Å². The van der Waals surface area contributed by atoms with Crippen molar-refractivity contribution in [3.63, 3.8) is 0 Å². The molecule has 1 aromatic heterocycles. The van der Waals surface area contributed by atoms with Crippen LogP contribution < -0.4 is 4.90 Å². The van der Waals surface area contributed by atoms with Crippen molar-refractivity contribution in [2.45, 2.75) is 19.9 Å². The molecular weight excluding hydrogens is 305 g/mol. The van der Waals surface area contributed by atoms with E-state index in [2.05, 4.69) is 27.9 Å². The second-order valence-electron chi connectivity index (χ2n) is 5.96. The molecule has 2 aromatic rings. The van der Waals surface area contributed by atoms with E-state index in [1.807, 2.05) is 23.0 Å². The minimum absolute atomic E-state index is 0.151. The fourth-order valence-electron chi connectivity index (χ4n) is 3.23. The maximum Gasteiger partial charge on any atom is 0.143 e. The topological polar surface area (TPSA) is 48.1 Å². The van der Waals surface area contributed by atoms with Gasteiger partial charge in [0.15, 0.2) is 0 Å². The van der Waals surface area contributed by atoms with Crippen molar-refractivity contribution < 1.29 is 4.39 Å². The van der Waals surface area contributed by atoms with Crippen molar-refractivity contribution in [1.29, 1.82) is 5.26 Å². The lowest BCUT2D eigenvalue weighted by molar-refractivity contribution is 0.259. The SMILES string of the molecule is CCn1nccc1CCN1CCN(c2cccc(F)c2C#N)CC1. The highest BCUT2D eigenvalue weighted by atomic mass is 19.1. The number of nitrogens with zero attached hydrogens (tertiary/aromatic N) is 5. The third-order valence-corrected chi connectivity index (χ3v) is 4.60. The van der Waals surface area contributed by atoms with Crippen molar-refractivity contribution in [1.82, 2.24) is 14.7 Å². The maximum absolute atomic E-state index is 13.8. The summed E-state index contributed by atoms with van der Waals surface area (Å²) in [4.78, 5) is 4.52. The predicted molar refractivity (Wildman–Crippen MR) is 91.4 cm³/mol. The van der Waals surface area contributed by atoms with Crippen molar-refractivity contribution in [2.24, 2.45) is 0 Å². The number of anilines is 1. The number of piperazine rings is 1. The Morgan fingerprint density at radius 2 is 2.00 bits per heavy atom. The highest BCUT2D eigenvalue weighted by Crippen LogP contribution is 2.23. The van der Waals surface area contributed by atoms with Crippen LogP contribution in [0.3, 0.4) is 0 Å². The number of halogens is 1. The van der Waals surface area contributed by atoms with Crippen LogP contribution in [0.5, 0.6) is 0 Å². The Bertz CT molecular complexity index is 725. The molecule has 6 heteroatoms. The molecule has 0 aliphatic carbocycles. The lowest BCUT2D eigenvalue weighted by atomic mass is 10.1. The van der Waals surface area contributed by atoms with Gasteiger partial charge in [-0.1, -0.05) is 6.07 Å². The van der Waals surface area contributed by atoms with Gasteiger partial charge in [0.05, 0.1) is 5.69 Å². The molecule has 126 valence electrons. The zero-order chi connectivity index (χ0) is 16.9. The van der Waals surface area contributed by atoms with Gasteiger partial charge in [0.25, 0.3) is 0 Å². The second kappa shape index (κ2) is 7.45. The molecule has 0 bridgehead atoms. The first kappa shape index (κ1) is 16.5. The van der Waals surface area contributed by atoms with Crippen molar-refractivity contribution in [2.75, 3.05) is 37.6 Å². The Labute approximate surface area is 141 Å². The van der Waals surface area contributed by atoms with E-state index < -0.39 is 5.82 Å². The van der Waals surface area contributed by atoms with Crippen LogP contribution in [0.4, 0.5) is 10.1 Å². The lowest BCUT2D eigenvalue weighted by Gasteiger charge is -2.36. The summed E-state index contributed by atoms with van der Waals surface area (Å²) in [6, 6.07) is 8.91.